The monoisotopic (exact) mass is 538 g/mol. The zero-order valence-corrected chi connectivity index (χ0v) is 19.4. The first-order valence-electron chi connectivity index (χ1n) is 11.0. The van der Waals surface area contributed by atoms with Gasteiger partial charge in [-0.15, -0.1) is 0 Å². The summed E-state index contributed by atoms with van der Waals surface area (Å²) in [5, 5.41) is 20.0. The molecule has 2 atom stereocenters. The van der Waals surface area contributed by atoms with E-state index in [0.29, 0.717) is 11.6 Å². The second kappa shape index (κ2) is 11.0. The van der Waals surface area contributed by atoms with Gasteiger partial charge in [-0.2, -0.15) is 19.0 Å². The molecule has 1 unspecified atom stereocenters. The molecule has 2 heterocycles. The van der Waals surface area contributed by atoms with Crippen LogP contribution in [0.15, 0.2) is 73.8 Å². The van der Waals surface area contributed by atoms with E-state index < -0.39 is 42.2 Å². The van der Waals surface area contributed by atoms with E-state index in [1.165, 1.54) is 71.1 Å². The summed E-state index contributed by atoms with van der Waals surface area (Å²) in [6, 6.07) is 7.15. The Labute approximate surface area is 211 Å². The molecule has 0 aliphatic rings. The van der Waals surface area contributed by atoms with E-state index in [2.05, 4.69) is 20.2 Å². The number of aromatic nitrogens is 6. The smallest absolute Gasteiger partial charge is 0.340 e. The molecule has 200 valence electrons. The van der Waals surface area contributed by atoms with Crippen molar-refractivity contribution >= 4 is 6.08 Å². The van der Waals surface area contributed by atoms with E-state index in [0.717, 1.165) is 12.1 Å². The molecule has 0 aliphatic carbocycles. The second-order valence-corrected chi connectivity index (χ2v) is 8.24. The largest absolute Gasteiger partial charge is 0.487 e. The number of benzene rings is 2. The summed E-state index contributed by atoms with van der Waals surface area (Å²) < 4.78 is 86.8. The average Bonchev–Trinajstić information content (AvgIpc) is 3.58. The molecule has 8 nitrogen and oxygen atoms in total. The van der Waals surface area contributed by atoms with Gasteiger partial charge in [-0.3, -0.25) is 0 Å². The molecular weight excluding hydrogens is 518 g/mol. The molecule has 38 heavy (non-hydrogen) atoms. The first-order chi connectivity index (χ1) is 18.1. The molecule has 4 aromatic rings. The zero-order valence-electron chi connectivity index (χ0n) is 19.4. The van der Waals surface area contributed by atoms with Gasteiger partial charge in [0.25, 0.3) is 0 Å². The first-order valence-corrected chi connectivity index (χ1v) is 11.0. The van der Waals surface area contributed by atoms with Crippen molar-refractivity contribution in [2.75, 3.05) is 6.61 Å². The number of aliphatic hydroxyl groups is 1. The summed E-state index contributed by atoms with van der Waals surface area (Å²) in [4.78, 5) is 7.72. The van der Waals surface area contributed by atoms with Crippen molar-refractivity contribution < 1.29 is 36.2 Å². The highest BCUT2D eigenvalue weighted by molar-refractivity contribution is 5.51. The molecular formula is C24H20F6N6O2. The molecule has 14 heteroatoms. The molecule has 0 aliphatic heterocycles. The van der Waals surface area contributed by atoms with Gasteiger partial charge >= 0.3 is 12.3 Å². The van der Waals surface area contributed by atoms with Crippen LogP contribution in [-0.2, 0) is 12.1 Å². The second-order valence-electron chi connectivity index (χ2n) is 8.24. The van der Waals surface area contributed by atoms with Crippen LogP contribution in [0.25, 0.3) is 6.08 Å². The fourth-order valence-corrected chi connectivity index (χ4v) is 3.69. The third-order valence-electron chi connectivity index (χ3n) is 5.58. The highest BCUT2D eigenvalue weighted by Gasteiger charge is 2.43. The van der Waals surface area contributed by atoms with Crippen LogP contribution < -0.4 is 4.74 Å². The first kappa shape index (κ1) is 26.9. The van der Waals surface area contributed by atoms with Crippen molar-refractivity contribution in [2.24, 2.45) is 0 Å². The fourth-order valence-electron chi connectivity index (χ4n) is 3.69. The van der Waals surface area contributed by atoms with Gasteiger partial charge in [0.15, 0.2) is 6.61 Å². The summed E-state index contributed by atoms with van der Waals surface area (Å²) in [5.41, 5.74) is -1.84. The van der Waals surface area contributed by atoms with Crippen molar-refractivity contribution in [3.05, 3.63) is 96.6 Å². The molecule has 0 saturated carbocycles. The van der Waals surface area contributed by atoms with Crippen molar-refractivity contribution in [2.45, 2.75) is 30.5 Å². The van der Waals surface area contributed by atoms with Crippen LogP contribution in [0.2, 0.25) is 0 Å². The molecule has 0 spiro atoms. The van der Waals surface area contributed by atoms with Crippen LogP contribution in [0.4, 0.5) is 26.3 Å². The number of halogens is 6. The normalized spacial score (nSPS) is 14.6. The Morgan fingerprint density at radius 1 is 0.974 bits per heavy atom. The summed E-state index contributed by atoms with van der Waals surface area (Å²) in [6.07, 6.45) is 4.18. The Hall–Kier alpha value is -4.20. The zero-order chi connectivity index (χ0) is 27.3. The highest BCUT2D eigenvalue weighted by Crippen LogP contribution is 2.38. The number of alkyl halides is 4. The standard InChI is InChI=1S/C24H20F6N6O2/c25-17-4-7-19(20(26)9-17)23(37,10-35-14-31-12-33-35)21(36-15-32-13-34-36)8-3-16-1-5-18(6-2-16)38-11-24(29,30)22(27)28/h1-9,12-15,21-22,37H,10-11H2/b8-3+/t21?,23-/m0/s1. The Morgan fingerprint density at radius 3 is 2.29 bits per heavy atom. The number of nitrogens with zero attached hydrogens (tertiary/aromatic N) is 6. The Balaban J connectivity index is 1.66. The van der Waals surface area contributed by atoms with E-state index in [4.69, 9.17) is 4.74 Å². The van der Waals surface area contributed by atoms with Crippen molar-refractivity contribution in [1.82, 2.24) is 29.5 Å². The average molecular weight is 538 g/mol. The van der Waals surface area contributed by atoms with Crippen molar-refractivity contribution in [3.8, 4) is 5.75 Å². The van der Waals surface area contributed by atoms with Gasteiger partial charge in [0.05, 0.1) is 6.54 Å². The van der Waals surface area contributed by atoms with Crippen LogP contribution in [-0.4, -0.2) is 53.6 Å². The van der Waals surface area contributed by atoms with E-state index in [9.17, 15) is 31.4 Å². The predicted octanol–water partition coefficient (Wildman–Crippen LogP) is 4.27. The number of rotatable bonds is 11. The predicted molar refractivity (Wildman–Crippen MR) is 121 cm³/mol. The molecule has 1 N–H and O–H groups in total. The lowest BCUT2D eigenvalue weighted by atomic mass is 9.85. The maximum atomic E-state index is 15.0. The quantitative estimate of drug-likeness (QED) is 0.287. The lowest BCUT2D eigenvalue weighted by Crippen LogP contribution is -2.41. The van der Waals surface area contributed by atoms with Crippen LogP contribution in [0, 0.1) is 11.6 Å². The minimum Gasteiger partial charge on any atom is -0.487 e. The lowest BCUT2D eigenvalue weighted by molar-refractivity contribution is -0.148. The van der Waals surface area contributed by atoms with Gasteiger partial charge < -0.3 is 9.84 Å². The summed E-state index contributed by atoms with van der Waals surface area (Å²) in [7, 11) is 0. The van der Waals surface area contributed by atoms with Crippen LogP contribution in [0.5, 0.6) is 5.75 Å². The van der Waals surface area contributed by atoms with Gasteiger partial charge in [0.2, 0.25) is 0 Å². The van der Waals surface area contributed by atoms with E-state index in [1.54, 1.807) is 0 Å². The molecule has 0 radical (unpaired) electrons. The van der Waals surface area contributed by atoms with Gasteiger partial charge in [0, 0.05) is 11.6 Å². The Bertz CT molecular complexity index is 1350. The maximum absolute atomic E-state index is 15.0. The van der Waals surface area contributed by atoms with Gasteiger partial charge in [-0.25, -0.2) is 36.9 Å². The van der Waals surface area contributed by atoms with E-state index in [-0.39, 0.29) is 17.9 Å². The van der Waals surface area contributed by atoms with E-state index in [1.807, 2.05) is 0 Å². The van der Waals surface area contributed by atoms with Gasteiger partial charge in [-0.1, -0.05) is 30.4 Å². The molecule has 0 fully saturated rings. The van der Waals surface area contributed by atoms with E-state index >= 15 is 0 Å². The molecule has 4 rings (SSSR count). The fraction of sp³-hybridized carbons (Fsp3) is 0.250. The topological polar surface area (TPSA) is 90.9 Å². The van der Waals surface area contributed by atoms with Crippen LogP contribution in [0.1, 0.15) is 17.2 Å². The molecule has 0 bridgehead atoms. The van der Waals surface area contributed by atoms with Crippen molar-refractivity contribution in [3.63, 3.8) is 0 Å². The highest BCUT2D eigenvalue weighted by atomic mass is 19.3. The van der Waals surface area contributed by atoms with Crippen LogP contribution >= 0.6 is 0 Å². The summed E-state index contributed by atoms with van der Waals surface area (Å²) in [6.45, 7) is -1.80. The number of hydrogen-bond acceptors (Lipinski definition) is 6. The minimum atomic E-state index is -4.30. The van der Waals surface area contributed by atoms with Gasteiger partial charge in [-0.05, 0) is 23.8 Å². The molecule has 2 aromatic heterocycles. The third-order valence-corrected chi connectivity index (χ3v) is 5.58. The Morgan fingerprint density at radius 2 is 1.68 bits per heavy atom. The third kappa shape index (κ3) is 6.02. The molecule has 2 aromatic carbocycles. The SMILES string of the molecule is O[C@@](Cn1cncn1)(c1ccc(F)cc1F)C(/C=C/c1ccc(OCC(F)(F)C(F)F)cc1)n1cncn1. The van der Waals surface area contributed by atoms with Crippen LogP contribution in [0.3, 0.4) is 0 Å². The summed E-state index contributed by atoms with van der Waals surface area (Å²) in [5.74, 6) is -6.20. The number of ether oxygens (including phenoxy) is 1. The van der Waals surface area contributed by atoms with Crippen molar-refractivity contribution in [1.29, 1.82) is 0 Å². The maximum Gasteiger partial charge on any atom is 0.340 e. The Kier molecular flexibility index (Phi) is 7.80. The number of hydrogen-bond donors (Lipinski definition) is 1. The molecule has 0 amide bonds. The summed E-state index contributed by atoms with van der Waals surface area (Å²) >= 11 is 0. The minimum absolute atomic E-state index is 0.0635. The molecule has 0 saturated heterocycles. The lowest BCUT2D eigenvalue weighted by Gasteiger charge is -2.35. The van der Waals surface area contributed by atoms with Gasteiger partial charge in [0.1, 0.15) is 54.3 Å².